The summed E-state index contributed by atoms with van der Waals surface area (Å²) in [6.07, 6.45) is 5.30. The van der Waals surface area contributed by atoms with Crippen LogP contribution < -0.4 is 5.73 Å². The second kappa shape index (κ2) is 6.86. The van der Waals surface area contributed by atoms with Crippen LogP contribution in [0.5, 0.6) is 0 Å². The number of nitrogens with two attached hydrogens (primary N) is 1. The minimum atomic E-state index is -0.170. The molecule has 0 aromatic heterocycles. The third-order valence-electron chi connectivity index (χ3n) is 3.16. The number of methoxy groups -OCH3 is 1. The fourth-order valence-corrected chi connectivity index (χ4v) is 2.02. The molecule has 0 spiro atoms. The lowest BCUT2D eigenvalue weighted by atomic mass is 9.95. The lowest BCUT2D eigenvalue weighted by molar-refractivity contribution is -0.153. The van der Waals surface area contributed by atoms with Crippen LogP contribution in [0.3, 0.4) is 0 Å². The average Bonchev–Trinajstić information content (AvgIpc) is 2.28. The summed E-state index contributed by atoms with van der Waals surface area (Å²) >= 11 is 0. The highest BCUT2D eigenvalue weighted by molar-refractivity contribution is 5.70. The number of ether oxygens (including phenoxy) is 2. The molecule has 0 heterocycles. The molecule has 3 atom stereocenters. The highest BCUT2D eigenvalue weighted by Crippen LogP contribution is 2.23. The van der Waals surface area contributed by atoms with Gasteiger partial charge in [-0.3, -0.25) is 4.79 Å². The number of carbonyl (C=O) groups is 1. The van der Waals surface area contributed by atoms with Gasteiger partial charge in [0.15, 0.2) is 0 Å². The van der Waals surface area contributed by atoms with Gasteiger partial charge in [-0.05, 0) is 25.7 Å². The summed E-state index contributed by atoms with van der Waals surface area (Å²) in [6, 6.07) is -0.0747. The van der Waals surface area contributed by atoms with Crippen molar-refractivity contribution in [2.45, 2.75) is 63.7 Å². The van der Waals surface area contributed by atoms with E-state index in [0.29, 0.717) is 6.42 Å². The summed E-state index contributed by atoms with van der Waals surface area (Å²) in [6.45, 7) is 1.97. The normalized spacial score (nSPS) is 27.4. The van der Waals surface area contributed by atoms with Crippen LogP contribution in [0, 0.1) is 0 Å². The van der Waals surface area contributed by atoms with Crippen molar-refractivity contribution in [2.24, 2.45) is 5.73 Å². The first-order chi connectivity index (χ1) is 7.65. The number of carbonyl (C=O) groups excluding carboxylic acids is 1. The van der Waals surface area contributed by atoms with Gasteiger partial charge in [0.1, 0.15) is 6.10 Å². The summed E-state index contributed by atoms with van der Waals surface area (Å²) in [5.74, 6) is -0.170. The summed E-state index contributed by atoms with van der Waals surface area (Å²) in [7, 11) is 1.71. The van der Waals surface area contributed by atoms with Gasteiger partial charge in [-0.1, -0.05) is 6.92 Å². The van der Waals surface area contributed by atoms with Gasteiger partial charge in [0.05, 0.1) is 12.5 Å². The van der Waals surface area contributed by atoms with Crippen molar-refractivity contribution >= 4 is 5.97 Å². The van der Waals surface area contributed by atoms with Gasteiger partial charge < -0.3 is 15.2 Å². The average molecular weight is 229 g/mol. The van der Waals surface area contributed by atoms with E-state index < -0.39 is 0 Å². The van der Waals surface area contributed by atoms with E-state index in [4.69, 9.17) is 15.2 Å². The molecule has 4 heteroatoms. The molecule has 1 saturated carbocycles. The Bertz CT molecular complexity index is 220. The van der Waals surface area contributed by atoms with Gasteiger partial charge in [0.25, 0.3) is 0 Å². The molecule has 0 aromatic carbocycles. The molecular weight excluding hydrogens is 206 g/mol. The van der Waals surface area contributed by atoms with Gasteiger partial charge in [0, 0.05) is 19.6 Å². The molecule has 16 heavy (non-hydrogen) atoms. The molecule has 1 fully saturated rings. The lowest BCUT2D eigenvalue weighted by Crippen LogP contribution is -2.31. The smallest absolute Gasteiger partial charge is 0.307 e. The predicted octanol–water partition coefficient (Wildman–Crippen LogP) is 1.61. The van der Waals surface area contributed by atoms with Crippen LogP contribution >= 0.6 is 0 Å². The fraction of sp³-hybridized carbons (Fsp3) is 0.917. The van der Waals surface area contributed by atoms with E-state index >= 15 is 0 Å². The van der Waals surface area contributed by atoms with Gasteiger partial charge in [-0.2, -0.15) is 0 Å². The maximum Gasteiger partial charge on any atom is 0.307 e. The van der Waals surface area contributed by atoms with Crippen molar-refractivity contribution in [3.05, 3.63) is 0 Å². The van der Waals surface area contributed by atoms with Gasteiger partial charge in [0.2, 0.25) is 0 Å². The molecule has 1 aliphatic carbocycles. The molecule has 3 unspecified atom stereocenters. The number of hydrogen-bond acceptors (Lipinski definition) is 4. The Hall–Kier alpha value is -0.610. The second-order valence-corrected chi connectivity index (χ2v) is 4.51. The van der Waals surface area contributed by atoms with Crippen molar-refractivity contribution < 1.29 is 14.3 Å². The largest absolute Gasteiger partial charge is 0.462 e. The Morgan fingerprint density at radius 2 is 2.12 bits per heavy atom. The molecule has 0 saturated heterocycles. The number of esters is 1. The Morgan fingerprint density at radius 1 is 1.44 bits per heavy atom. The first-order valence-corrected chi connectivity index (χ1v) is 6.13. The van der Waals surface area contributed by atoms with E-state index in [-0.39, 0.29) is 24.2 Å². The van der Waals surface area contributed by atoms with Crippen molar-refractivity contribution in [3.8, 4) is 0 Å². The Morgan fingerprint density at radius 3 is 2.75 bits per heavy atom. The summed E-state index contributed by atoms with van der Waals surface area (Å²) in [4.78, 5) is 11.5. The summed E-state index contributed by atoms with van der Waals surface area (Å²) < 4.78 is 10.7. The standard InChI is InChI=1S/C12H23NO3/c1-3-9(13)7-12(14)16-11-6-4-5-10(8-11)15-2/h9-11H,3-8,13H2,1-2H3. The van der Waals surface area contributed by atoms with Crippen LogP contribution in [0.25, 0.3) is 0 Å². The molecule has 0 aliphatic heterocycles. The third-order valence-corrected chi connectivity index (χ3v) is 3.16. The Kier molecular flexibility index (Phi) is 5.77. The van der Waals surface area contributed by atoms with Crippen LogP contribution in [-0.4, -0.2) is 31.3 Å². The first-order valence-electron chi connectivity index (χ1n) is 6.13. The molecule has 2 N–H and O–H groups in total. The molecule has 4 nitrogen and oxygen atoms in total. The topological polar surface area (TPSA) is 61.6 Å². The van der Waals surface area contributed by atoms with E-state index in [9.17, 15) is 4.79 Å². The minimum Gasteiger partial charge on any atom is -0.462 e. The number of rotatable bonds is 5. The number of hydrogen-bond donors (Lipinski definition) is 1. The van der Waals surface area contributed by atoms with E-state index in [0.717, 1.165) is 32.1 Å². The van der Waals surface area contributed by atoms with Crippen molar-refractivity contribution in [1.29, 1.82) is 0 Å². The Labute approximate surface area is 97.5 Å². The van der Waals surface area contributed by atoms with Gasteiger partial charge in [-0.25, -0.2) is 0 Å². The van der Waals surface area contributed by atoms with Crippen LogP contribution in [0.15, 0.2) is 0 Å². The van der Waals surface area contributed by atoms with E-state index in [1.165, 1.54) is 0 Å². The lowest BCUT2D eigenvalue weighted by Gasteiger charge is -2.28. The van der Waals surface area contributed by atoms with Crippen LogP contribution in [0.1, 0.15) is 45.4 Å². The molecule has 1 rings (SSSR count). The second-order valence-electron chi connectivity index (χ2n) is 4.51. The predicted molar refractivity (Wildman–Crippen MR) is 62.0 cm³/mol. The Balaban J connectivity index is 2.27. The van der Waals surface area contributed by atoms with Crippen LogP contribution in [0.2, 0.25) is 0 Å². The van der Waals surface area contributed by atoms with Gasteiger partial charge >= 0.3 is 5.97 Å². The van der Waals surface area contributed by atoms with E-state index in [2.05, 4.69) is 0 Å². The quantitative estimate of drug-likeness (QED) is 0.728. The van der Waals surface area contributed by atoms with Crippen molar-refractivity contribution in [2.75, 3.05) is 7.11 Å². The molecule has 0 radical (unpaired) electrons. The maximum atomic E-state index is 11.5. The minimum absolute atomic E-state index is 0.0234. The monoisotopic (exact) mass is 229 g/mol. The zero-order valence-electron chi connectivity index (χ0n) is 10.3. The van der Waals surface area contributed by atoms with Crippen molar-refractivity contribution in [1.82, 2.24) is 0 Å². The van der Waals surface area contributed by atoms with E-state index in [1.54, 1.807) is 7.11 Å². The summed E-state index contributed by atoms with van der Waals surface area (Å²) in [5.41, 5.74) is 5.71. The third kappa shape index (κ3) is 4.49. The van der Waals surface area contributed by atoms with Crippen molar-refractivity contribution in [3.63, 3.8) is 0 Å². The summed E-state index contributed by atoms with van der Waals surface area (Å²) in [5, 5.41) is 0. The van der Waals surface area contributed by atoms with E-state index in [1.807, 2.05) is 6.92 Å². The first kappa shape index (κ1) is 13.5. The maximum absolute atomic E-state index is 11.5. The zero-order valence-corrected chi connectivity index (χ0v) is 10.3. The highest BCUT2D eigenvalue weighted by Gasteiger charge is 2.24. The zero-order chi connectivity index (χ0) is 12.0. The molecule has 94 valence electrons. The van der Waals surface area contributed by atoms with Crippen LogP contribution in [0.4, 0.5) is 0 Å². The van der Waals surface area contributed by atoms with Crippen LogP contribution in [-0.2, 0) is 14.3 Å². The molecule has 0 bridgehead atoms. The fourth-order valence-electron chi connectivity index (χ4n) is 2.02. The highest BCUT2D eigenvalue weighted by atomic mass is 16.5. The molecular formula is C12H23NO3. The molecule has 1 aliphatic rings. The SMILES string of the molecule is CCC(N)CC(=O)OC1CCCC(OC)C1. The molecule has 0 amide bonds. The van der Waals surface area contributed by atoms with Gasteiger partial charge in [-0.15, -0.1) is 0 Å². The molecule has 0 aromatic rings.